The number of carbonyl (C=O) groups is 1. The molecule has 0 aliphatic carbocycles. The van der Waals surface area contributed by atoms with Gasteiger partial charge < -0.3 is 4.57 Å². The molecule has 0 saturated carbocycles. The summed E-state index contributed by atoms with van der Waals surface area (Å²) >= 11 is 20.0. The first-order valence-corrected chi connectivity index (χ1v) is 9.65. The normalized spacial score (nSPS) is 11.2. The molecule has 4 aromatic rings. The van der Waals surface area contributed by atoms with Gasteiger partial charge in [0, 0.05) is 16.0 Å². The van der Waals surface area contributed by atoms with E-state index in [0.717, 1.165) is 37.9 Å². The number of carbonyl (C=O) groups excluding carboxylic acids is 1. The first kappa shape index (κ1) is 17.6. The van der Waals surface area contributed by atoms with E-state index in [4.69, 9.17) is 39.8 Å². The van der Waals surface area contributed by atoms with Crippen molar-refractivity contribution in [3.63, 3.8) is 0 Å². The average Bonchev–Trinajstić information content (AvgIpc) is 3.20. The van der Waals surface area contributed by atoms with E-state index in [9.17, 15) is 4.79 Å². The fourth-order valence-corrected chi connectivity index (χ4v) is 4.20. The van der Waals surface area contributed by atoms with Crippen molar-refractivity contribution >= 4 is 63.5 Å². The molecule has 0 unspecified atom stereocenters. The topological polar surface area (TPSA) is 34.9 Å². The molecule has 2 aromatic carbocycles. The maximum absolute atomic E-state index is 10.9. The third-order valence-electron chi connectivity index (χ3n) is 4.04. The highest BCUT2D eigenvalue weighted by Crippen LogP contribution is 2.33. The second-order valence-corrected chi connectivity index (χ2v) is 8.34. The van der Waals surface area contributed by atoms with Gasteiger partial charge in [0.2, 0.25) is 0 Å². The van der Waals surface area contributed by atoms with E-state index in [2.05, 4.69) is 4.57 Å². The van der Waals surface area contributed by atoms with Gasteiger partial charge in [-0.15, -0.1) is 11.3 Å². The van der Waals surface area contributed by atoms with Crippen LogP contribution in [-0.2, 0) is 6.54 Å². The quantitative estimate of drug-likeness (QED) is 0.349. The summed E-state index contributed by atoms with van der Waals surface area (Å²) in [6.45, 7) is 0.608. The van der Waals surface area contributed by atoms with Crippen molar-refractivity contribution in [3.05, 3.63) is 73.4 Å². The Labute approximate surface area is 168 Å². The summed E-state index contributed by atoms with van der Waals surface area (Å²) in [5, 5.41) is 0.943. The van der Waals surface area contributed by atoms with Gasteiger partial charge in [-0.1, -0.05) is 59.1 Å². The second-order valence-electron chi connectivity index (χ2n) is 5.72. The molecule has 0 bridgehead atoms. The van der Waals surface area contributed by atoms with Gasteiger partial charge in [-0.3, -0.25) is 4.79 Å². The van der Waals surface area contributed by atoms with E-state index in [-0.39, 0.29) is 0 Å². The highest BCUT2D eigenvalue weighted by molar-refractivity contribution is 7.16. The number of hydrogen-bond acceptors (Lipinski definition) is 3. The van der Waals surface area contributed by atoms with Crippen LogP contribution < -0.4 is 0 Å². The summed E-state index contributed by atoms with van der Waals surface area (Å²) in [6, 6.07) is 14.8. The molecule has 7 heteroatoms. The maximum Gasteiger partial charge on any atom is 0.150 e. The zero-order valence-corrected chi connectivity index (χ0v) is 16.3. The number of aromatic nitrogens is 2. The van der Waals surface area contributed by atoms with Gasteiger partial charge in [-0.2, -0.15) is 0 Å². The van der Waals surface area contributed by atoms with Crippen molar-refractivity contribution in [2.75, 3.05) is 0 Å². The van der Waals surface area contributed by atoms with Crippen molar-refractivity contribution < 1.29 is 4.79 Å². The molecule has 0 N–H and O–H groups in total. The number of benzene rings is 2. The number of aldehydes is 1. The van der Waals surface area contributed by atoms with Gasteiger partial charge in [0.1, 0.15) is 12.1 Å². The van der Waals surface area contributed by atoms with Crippen molar-refractivity contribution in [2.45, 2.75) is 6.54 Å². The molecule has 0 radical (unpaired) electrons. The van der Waals surface area contributed by atoms with Gasteiger partial charge in [0.05, 0.1) is 32.0 Å². The first-order valence-electron chi connectivity index (χ1n) is 7.70. The molecule has 0 fully saturated rings. The van der Waals surface area contributed by atoms with Gasteiger partial charge in [-0.25, -0.2) is 4.98 Å². The van der Waals surface area contributed by atoms with Crippen LogP contribution in [-0.4, -0.2) is 15.8 Å². The summed E-state index contributed by atoms with van der Waals surface area (Å²) in [5.41, 5.74) is 3.17. The molecule has 2 aromatic heterocycles. The predicted molar refractivity (Wildman–Crippen MR) is 109 cm³/mol. The fraction of sp³-hybridized carbons (Fsp3) is 0.0526. The number of halogens is 3. The molecular formula is C19H11Cl3N2OS. The number of fused-ring (bicyclic) bond motifs is 1. The van der Waals surface area contributed by atoms with Crippen molar-refractivity contribution in [3.8, 4) is 11.4 Å². The van der Waals surface area contributed by atoms with Crippen LogP contribution in [0.5, 0.6) is 0 Å². The van der Waals surface area contributed by atoms with E-state index in [0.29, 0.717) is 22.2 Å². The highest BCUT2D eigenvalue weighted by Gasteiger charge is 2.16. The number of imidazole rings is 1. The zero-order valence-electron chi connectivity index (χ0n) is 13.2. The molecule has 0 spiro atoms. The lowest BCUT2D eigenvalue weighted by atomic mass is 10.1. The standard InChI is InChI=1S/C19H11Cl3N2OS/c20-14-7-16-17(8-15(14)21)24(9-13-5-6-18(22)26-13)19(23-16)12-3-1-11(10-25)2-4-12/h1-8,10H,9H2. The lowest BCUT2D eigenvalue weighted by Crippen LogP contribution is -2.01. The third-order valence-corrected chi connectivity index (χ3v) is 5.98. The smallest absolute Gasteiger partial charge is 0.150 e. The number of thiophene rings is 1. The van der Waals surface area contributed by atoms with Crippen LogP contribution in [0, 0.1) is 0 Å². The zero-order chi connectivity index (χ0) is 18.3. The van der Waals surface area contributed by atoms with E-state index in [1.165, 1.54) is 11.3 Å². The molecule has 0 atom stereocenters. The Morgan fingerprint density at radius 2 is 1.73 bits per heavy atom. The minimum Gasteiger partial charge on any atom is -0.319 e. The van der Waals surface area contributed by atoms with Crippen LogP contribution in [0.1, 0.15) is 15.2 Å². The lowest BCUT2D eigenvalue weighted by Gasteiger charge is -2.09. The summed E-state index contributed by atoms with van der Waals surface area (Å²) in [6.07, 6.45) is 0.819. The SMILES string of the molecule is O=Cc1ccc(-c2nc3cc(Cl)c(Cl)cc3n2Cc2ccc(Cl)s2)cc1. The Kier molecular flexibility index (Phi) is 4.76. The summed E-state index contributed by atoms with van der Waals surface area (Å²) in [7, 11) is 0. The first-order chi connectivity index (χ1) is 12.5. The third kappa shape index (κ3) is 3.26. The molecule has 2 heterocycles. The van der Waals surface area contributed by atoms with E-state index >= 15 is 0 Å². The van der Waals surface area contributed by atoms with Crippen LogP contribution in [0.15, 0.2) is 48.5 Å². The number of rotatable bonds is 4. The van der Waals surface area contributed by atoms with Gasteiger partial charge in [0.15, 0.2) is 0 Å². The molecule has 130 valence electrons. The van der Waals surface area contributed by atoms with Crippen LogP contribution in [0.4, 0.5) is 0 Å². The van der Waals surface area contributed by atoms with Crippen LogP contribution in [0.25, 0.3) is 22.4 Å². The molecule has 4 rings (SSSR count). The van der Waals surface area contributed by atoms with E-state index in [1.807, 2.05) is 30.3 Å². The molecule has 0 aliphatic rings. The summed E-state index contributed by atoms with van der Waals surface area (Å²) in [5.74, 6) is 0.778. The van der Waals surface area contributed by atoms with E-state index < -0.39 is 0 Å². The van der Waals surface area contributed by atoms with Crippen LogP contribution in [0.2, 0.25) is 14.4 Å². The molecule has 26 heavy (non-hydrogen) atoms. The van der Waals surface area contributed by atoms with Gasteiger partial charge in [-0.05, 0) is 24.3 Å². The average molecular weight is 422 g/mol. The van der Waals surface area contributed by atoms with Gasteiger partial charge in [0.25, 0.3) is 0 Å². The monoisotopic (exact) mass is 420 g/mol. The lowest BCUT2D eigenvalue weighted by molar-refractivity contribution is 0.112. The molecule has 0 saturated heterocycles. The summed E-state index contributed by atoms with van der Waals surface area (Å²) < 4.78 is 2.82. The van der Waals surface area contributed by atoms with Crippen molar-refractivity contribution in [1.29, 1.82) is 0 Å². The molecule has 0 amide bonds. The minimum atomic E-state index is 0.464. The Bertz CT molecular complexity index is 1120. The molecular weight excluding hydrogens is 411 g/mol. The summed E-state index contributed by atoms with van der Waals surface area (Å²) in [4.78, 5) is 16.8. The maximum atomic E-state index is 10.9. The largest absolute Gasteiger partial charge is 0.319 e. The number of nitrogens with zero attached hydrogens (tertiary/aromatic N) is 2. The van der Waals surface area contributed by atoms with Crippen molar-refractivity contribution in [2.24, 2.45) is 0 Å². The van der Waals surface area contributed by atoms with E-state index in [1.54, 1.807) is 18.2 Å². The Hall–Kier alpha value is -1.85. The highest BCUT2D eigenvalue weighted by atomic mass is 35.5. The van der Waals surface area contributed by atoms with Crippen LogP contribution in [0.3, 0.4) is 0 Å². The van der Waals surface area contributed by atoms with Crippen molar-refractivity contribution in [1.82, 2.24) is 9.55 Å². The Morgan fingerprint density at radius 1 is 1.00 bits per heavy atom. The van der Waals surface area contributed by atoms with Crippen LogP contribution >= 0.6 is 46.1 Å². The second kappa shape index (κ2) is 7.05. The Balaban J connectivity index is 1.91. The minimum absolute atomic E-state index is 0.464. The fourth-order valence-electron chi connectivity index (χ4n) is 2.80. The predicted octanol–water partition coefficient (Wildman–Crippen LogP) is 6.59. The van der Waals surface area contributed by atoms with Gasteiger partial charge >= 0.3 is 0 Å². The Morgan fingerprint density at radius 3 is 2.38 bits per heavy atom. The molecule has 3 nitrogen and oxygen atoms in total. The molecule has 0 aliphatic heterocycles. The number of hydrogen-bond donors (Lipinski definition) is 0.